The van der Waals surface area contributed by atoms with E-state index >= 15 is 0 Å². The third-order valence-electron chi connectivity index (χ3n) is 4.27. The van der Waals surface area contributed by atoms with Crippen LogP contribution >= 0.6 is 0 Å². The quantitative estimate of drug-likeness (QED) is 0.733. The monoisotopic (exact) mass is 267 g/mol. The second-order valence-corrected chi connectivity index (χ2v) is 7.15. The second kappa shape index (κ2) is 4.80. The van der Waals surface area contributed by atoms with E-state index in [1.54, 1.807) is 11.8 Å². The predicted molar refractivity (Wildman–Crippen MR) is 72.9 cm³/mol. The minimum atomic E-state index is -0.510. The molecule has 2 fully saturated rings. The fourth-order valence-electron chi connectivity index (χ4n) is 3.42. The summed E-state index contributed by atoms with van der Waals surface area (Å²) >= 11 is 0. The van der Waals surface area contributed by atoms with Gasteiger partial charge in [-0.2, -0.15) is 0 Å². The van der Waals surface area contributed by atoms with E-state index in [1.165, 1.54) is 12.8 Å². The maximum Gasteiger partial charge on any atom is 0.410 e. The predicted octanol–water partition coefficient (Wildman–Crippen LogP) is 3.15. The van der Waals surface area contributed by atoms with Crippen LogP contribution in [0.4, 0.5) is 4.79 Å². The number of amides is 1. The van der Waals surface area contributed by atoms with Crippen molar-refractivity contribution in [2.75, 3.05) is 6.54 Å². The molecule has 0 aromatic carbocycles. The number of hydrogen-bond acceptors (Lipinski definition) is 3. The van der Waals surface area contributed by atoms with Crippen molar-refractivity contribution in [2.45, 2.75) is 71.4 Å². The van der Waals surface area contributed by atoms with E-state index in [2.05, 4.69) is 0 Å². The van der Waals surface area contributed by atoms with Crippen molar-refractivity contribution >= 4 is 11.9 Å². The zero-order valence-electron chi connectivity index (χ0n) is 12.5. The first-order chi connectivity index (χ1) is 8.72. The van der Waals surface area contributed by atoms with Gasteiger partial charge < -0.3 is 4.74 Å². The summed E-state index contributed by atoms with van der Waals surface area (Å²) in [5, 5.41) is 0. The van der Waals surface area contributed by atoms with Crippen LogP contribution in [0.3, 0.4) is 0 Å². The zero-order chi connectivity index (χ0) is 14.3. The highest BCUT2D eigenvalue weighted by molar-refractivity contribution is 5.86. The first kappa shape index (κ1) is 14.4. The van der Waals surface area contributed by atoms with Crippen molar-refractivity contribution in [3.05, 3.63) is 0 Å². The molecule has 0 bridgehead atoms. The fourth-order valence-corrected chi connectivity index (χ4v) is 3.42. The molecule has 2 rings (SSSR count). The Morgan fingerprint density at radius 2 is 1.79 bits per heavy atom. The Morgan fingerprint density at radius 1 is 1.21 bits per heavy atom. The third kappa shape index (κ3) is 3.10. The van der Waals surface area contributed by atoms with Gasteiger partial charge in [0.25, 0.3) is 0 Å². The summed E-state index contributed by atoms with van der Waals surface area (Å²) in [6.07, 6.45) is 5.18. The zero-order valence-corrected chi connectivity index (χ0v) is 12.5. The van der Waals surface area contributed by atoms with Gasteiger partial charge in [0.1, 0.15) is 5.60 Å². The van der Waals surface area contributed by atoms with Gasteiger partial charge >= 0.3 is 6.09 Å². The number of ketones is 1. The topological polar surface area (TPSA) is 46.6 Å². The van der Waals surface area contributed by atoms with Crippen LogP contribution in [-0.4, -0.2) is 35.0 Å². The SMILES string of the molecule is CC(=O)[C@@H]1CC2(CCCC2)CN1C(=O)OC(C)(C)C. The molecule has 1 heterocycles. The summed E-state index contributed by atoms with van der Waals surface area (Å²) in [6, 6.07) is -0.284. The smallest absolute Gasteiger partial charge is 0.410 e. The molecule has 0 aromatic rings. The van der Waals surface area contributed by atoms with Crippen molar-refractivity contribution in [1.82, 2.24) is 4.90 Å². The van der Waals surface area contributed by atoms with Crippen LogP contribution in [0.25, 0.3) is 0 Å². The van der Waals surface area contributed by atoms with Gasteiger partial charge in [-0.05, 0) is 52.4 Å². The standard InChI is InChI=1S/C15H25NO3/c1-11(17)12-9-15(7-5-6-8-15)10-16(12)13(18)19-14(2,3)4/h12H,5-10H2,1-4H3/t12-/m0/s1. The molecule has 2 aliphatic rings. The highest BCUT2D eigenvalue weighted by atomic mass is 16.6. The molecule has 4 heteroatoms. The van der Waals surface area contributed by atoms with Gasteiger partial charge in [-0.15, -0.1) is 0 Å². The lowest BCUT2D eigenvalue weighted by Crippen LogP contribution is -2.43. The Kier molecular flexibility index (Phi) is 3.63. The van der Waals surface area contributed by atoms with Gasteiger partial charge in [0.2, 0.25) is 0 Å². The first-order valence-corrected chi connectivity index (χ1v) is 7.23. The van der Waals surface area contributed by atoms with Crippen LogP contribution in [0.5, 0.6) is 0 Å². The van der Waals surface area contributed by atoms with Gasteiger partial charge in [-0.25, -0.2) is 4.79 Å². The van der Waals surface area contributed by atoms with E-state index in [4.69, 9.17) is 4.74 Å². The van der Waals surface area contributed by atoms with Gasteiger partial charge in [0.15, 0.2) is 5.78 Å². The van der Waals surface area contributed by atoms with Gasteiger partial charge in [0, 0.05) is 6.54 Å². The van der Waals surface area contributed by atoms with Crippen LogP contribution < -0.4 is 0 Å². The summed E-state index contributed by atoms with van der Waals surface area (Å²) in [5.41, 5.74) is -0.336. The molecule has 4 nitrogen and oxygen atoms in total. The van der Waals surface area contributed by atoms with Crippen molar-refractivity contribution in [3.8, 4) is 0 Å². The van der Waals surface area contributed by atoms with Crippen molar-refractivity contribution in [3.63, 3.8) is 0 Å². The molecule has 1 aliphatic heterocycles. The molecule has 0 unspecified atom stereocenters. The van der Waals surface area contributed by atoms with Gasteiger partial charge in [0.05, 0.1) is 6.04 Å². The Balaban J connectivity index is 2.13. The summed E-state index contributed by atoms with van der Waals surface area (Å²) in [6.45, 7) is 7.83. The van der Waals surface area contributed by atoms with Gasteiger partial charge in [-0.1, -0.05) is 12.8 Å². The number of rotatable bonds is 1. The Bertz CT molecular complexity index is 377. The van der Waals surface area contributed by atoms with Crippen LogP contribution in [-0.2, 0) is 9.53 Å². The number of carbonyl (C=O) groups excluding carboxylic acids is 2. The summed E-state index contributed by atoms with van der Waals surface area (Å²) < 4.78 is 5.44. The molecule has 0 N–H and O–H groups in total. The number of carbonyl (C=O) groups is 2. The molecule has 1 atom stereocenters. The summed E-state index contributed by atoms with van der Waals surface area (Å²) in [5.74, 6) is 0.0784. The minimum Gasteiger partial charge on any atom is -0.444 e. The maximum absolute atomic E-state index is 12.3. The van der Waals surface area contributed by atoms with Crippen molar-refractivity contribution < 1.29 is 14.3 Å². The average molecular weight is 267 g/mol. The Labute approximate surface area is 115 Å². The molecule has 0 aromatic heterocycles. The molecule has 1 amide bonds. The van der Waals surface area contributed by atoms with E-state index in [0.717, 1.165) is 19.3 Å². The number of hydrogen-bond donors (Lipinski definition) is 0. The Morgan fingerprint density at radius 3 is 2.26 bits per heavy atom. The maximum atomic E-state index is 12.3. The van der Waals surface area contributed by atoms with E-state index in [1.807, 2.05) is 20.8 Å². The molecule has 1 saturated carbocycles. The molecular formula is C15H25NO3. The highest BCUT2D eigenvalue weighted by Crippen LogP contribution is 2.48. The van der Waals surface area contributed by atoms with E-state index < -0.39 is 5.60 Å². The van der Waals surface area contributed by atoms with Crippen LogP contribution in [0, 0.1) is 5.41 Å². The van der Waals surface area contributed by atoms with Crippen molar-refractivity contribution in [1.29, 1.82) is 0 Å². The molecule has 1 saturated heterocycles. The number of Topliss-reactive ketones (excluding diaryl/α,β-unsaturated/α-hetero) is 1. The van der Waals surface area contributed by atoms with E-state index in [9.17, 15) is 9.59 Å². The van der Waals surface area contributed by atoms with E-state index in [0.29, 0.717) is 6.54 Å². The minimum absolute atomic E-state index is 0.0784. The van der Waals surface area contributed by atoms with Crippen LogP contribution in [0.2, 0.25) is 0 Å². The number of ether oxygens (including phenoxy) is 1. The van der Waals surface area contributed by atoms with Gasteiger partial charge in [-0.3, -0.25) is 9.69 Å². The van der Waals surface area contributed by atoms with Crippen LogP contribution in [0.15, 0.2) is 0 Å². The lowest BCUT2D eigenvalue weighted by atomic mass is 9.83. The summed E-state index contributed by atoms with van der Waals surface area (Å²) in [7, 11) is 0. The average Bonchev–Trinajstić information content (AvgIpc) is 2.84. The first-order valence-electron chi connectivity index (χ1n) is 7.23. The second-order valence-electron chi connectivity index (χ2n) is 7.15. The van der Waals surface area contributed by atoms with Crippen LogP contribution in [0.1, 0.15) is 59.8 Å². The lowest BCUT2D eigenvalue weighted by Gasteiger charge is -2.28. The lowest BCUT2D eigenvalue weighted by molar-refractivity contribution is -0.121. The molecule has 19 heavy (non-hydrogen) atoms. The Hall–Kier alpha value is -1.06. The summed E-state index contributed by atoms with van der Waals surface area (Å²) in [4.78, 5) is 25.8. The normalized spacial score (nSPS) is 25.9. The largest absolute Gasteiger partial charge is 0.444 e. The molecule has 0 radical (unpaired) electrons. The molecular weight excluding hydrogens is 242 g/mol. The third-order valence-corrected chi connectivity index (χ3v) is 4.27. The molecule has 1 spiro atoms. The molecule has 1 aliphatic carbocycles. The fraction of sp³-hybridized carbons (Fsp3) is 0.867. The highest BCUT2D eigenvalue weighted by Gasteiger charge is 2.49. The van der Waals surface area contributed by atoms with Crippen molar-refractivity contribution in [2.24, 2.45) is 5.41 Å². The number of likely N-dealkylation sites (tertiary alicyclic amines) is 1. The van der Waals surface area contributed by atoms with E-state index in [-0.39, 0.29) is 23.3 Å². The number of nitrogens with zero attached hydrogens (tertiary/aromatic N) is 1. The molecule has 108 valence electrons.